The number of hydrogen-bond donors (Lipinski definition) is 1. The van der Waals surface area contributed by atoms with Crippen LogP contribution in [0.4, 0.5) is 0 Å². The lowest BCUT2D eigenvalue weighted by Crippen LogP contribution is -2.32. The molecule has 0 fully saturated rings. The molecule has 1 heterocycles. The van der Waals surface area contributed by atoms with Gasteiger partial charge in [0.25, 0.3) is 5.91 Å². The van der Waals surface area contributed by atoms with Crippen LogP contribution < -0.4 is 5.32 Å². The fourth-order valence-electron chi connectivity index (χ4n) is 2.01. The average Bonchev–Trinajstić information content (AvgIpc) is 2.89. The molecule has 0 saturated heterocycles. The predicted molar refractivity (Wildman–Crippen MR) is 84.1 cm³/mol. The maximum absolute atomic E-state index is 12.1. The van der Waals surface area contributed by atoms with Crippen LogP contribution in [-0.4, -0.2) is 16.9 Å². The standard InChI is InChI=1S/C16H20N2OS/c1-4-5-12(3)17-15(19)14-10-20-16(18-14)13-8-6-11(2)7-9-13/h6-10,12H,4-5H2,1-3H3,(H,17,19). The number of carbonyl (C=O) groups excluding carboxylic acids is 1. The minimum absolute atomic E-state index is 0.0828. The van der Waals surface area contributed by atoms with Crippen molar-refractivity contribution >= 4 is 17.2 Å². The van der Waals surface area contributed by atoms with Gasteiger partial charge >= 0.3 is 0 Å². The van der Waals surface area contributed by atoms with Crippen molar-refractivity contribution in [3.05, 3.63) is 40.9 Å². The Morgan fingerprint density at radius 2 is 2.05 bits per heavy atom. The van der Waals surface area contributed by atoms with Gasteiger partial charge in [0.15, 0.2) is 0 Å². The molecule has 0 radical (unpaired) electrons. The second-order valence-corrected chi connectivity index (χ2v) is 5.93. The Hall–Kier alpha value is -1.68. The third-order valence-corrected chi connectivity index (χ3v) is 4.03. The lowest BCUT2D eigenvalue weighted by Gasteiger charge is -2.11. The first kappa shape index (κ1) is 14.7. The summed E-state index contributed by atoms with van der Waals surface area (Å²) in [5, 5.41) is 5.69. The van der Waals surface area contributed by atoms with E-state index in [2.05, 4.69) is 36.3 Å². The second-order valence-electron chi connectivity index (χ2n) is 5.07. The molecule has 1 atom stereocenters. The van der Waals surface area contributed by atoms with Crippen molar-refractivity contribution in [3.63, 3.8) is 0 Å². The van der Waals surface area contributed by atoms with E-state index >= 15 is 0 Å². The molecule has 0 aliphatic heterocycles. The fraction of sp³-hybridized carbons (Fsp3) is 0.375. The Bertz CT molecular complexity index is 574. The number of aryl methyl sites for hydroxylation is 1. The Kier molecular flexibility index (Phi) is 4.90. The van der Waals surface area contributed by atoms with Gasteiger partial charge in [-0.1, -0.05) is 43.2 Å². The SMILES string of the molecule is CCCC(C)NC(=O)c1csc(-c2ccc(C)cc2)n1. The van der Waals surface area contributed by atoms with Crippen LogP contribution in [0.1, 0.15) is 42.7 Å². The van der Waals surface area contributed by atoms with Crippen molar-refractivity contribution in [3.8, 4) is 10.6 Å². The molecule has 0 aliphatic carbocycles. The quantitative estimate of drug-likeness (QED) is 0.902. The van der Waals surface area contributed by atoms with E-state index in [1.807, 2.05) is 24.4 Å². The van der Waals surface area contributed by atoms with Gasteiger partial charge in [0.05, 0.1) is 0 Å². The Morgan fingerprint density at radius 1 is 1.35 bits per heavy atom. The van der Waals surface area contributed by atoms with Crippen LogP contribution in [0.25, 0.3) is 10.6 Å². The highest BCUT2D eigenvalue weighted by Crippen LogP contribution is 2.24. The summed E-state index contributed by atoms with van der Waals surface area (Å²) in [5.74, 6) is -0.0828. The molecule has 0 aliphatic rings. The monoisotopic (exact) mass is 288 g/mol. The summed E-state index contributed by atoms with van der Waals surface area (Å²) in [5.41, 5.74) is 2.78. The van der Waals surface area contributed by atoms with E-state index in [9.17, 15) is 4.79 Å². The lowest BCUT2D eigenvalue weighted by atomic mass is 10.2. The maximum Gasteiger partial charge on any atom is 0.270 e. The van der Waals surface area contributed by atoms with Crippen molar-refractivity contribution in [2.45, 2.75) is 39.7 Å². The van der Waals surface area contributed by atoms with Crippen LogP contribution in [0.3, 0.4) is 0 Å². The normalized spacial score (nSPS) is 12.2. The molecule has 0 spiro atoms. The van der Waals surface area contributed by atoms with Gasteiger partial charge in [0, 0.05) is 17.0 Å². The smallest absolute Gasteiger partial charge is 0.270 e. The van der Waals surface area contributed by atoms with Gasteiger partial charge in [-0.3, -0.25) is 4.79 Å². The van der Waals surface area contributed by atoms with E-state index in [4.69, 9.17) is 0 Å². The fourth-order valence-corrected chi connectivity index (χ4v) is 2.82. The number of aromatic nitrogens is 1. The van der Waals surface area contributed by atoms with Gasteiger partial charge in [-0.15, -0.1) is 11.3 Å². The Labute approximate surface area is 124 Å². The van der Waals surface area contributed by atoms with Crippen molar-refractivity contribution < 1.29 is 4.79 Å². The number of hydrogen-bond acceptors (Lipinski definition) is 3. The molecule has 0 bridgehead atoms. The lowest BCUT2D eigenvalue weighted by molar-refractivity contribution is 0.0934. The molecular weight excluding hydrogens is 268 g/mol. The second kappa shape index (κ2) is 6.66. The van der Waals surface area contributed by atoms with Gasteiger partial charge in [0.2, 0.25) is 0 Å². The van der Waals surface area contributed by atoms with E-state index in [0.717, 1.165) is 23.4 Å². The zero-order valence-electron chi connectivity index (χ0n) is 12.1. The van der Waals surface area contributed by atoms with E-state index in [-0.39, 0.29) is 11.9 Å². The van der Waals surface area contributed by atoms with E-state index in [0.29, 0.717) is 5.69 Å². The third-order valence-electron chi connectivity index (χ3n) is 3.13. The molecule has 20 heavy (non-hydrogen) atoms. The molecule has 1 unspecified atom stereocenters. The molecule has 1 amide bonds. The number of benzene rings is 1. The van der Waals surface area contributed by atoms with E-state index in [1.165, 1.54) is 16.9 Å². The summed E-state index contributed by atoms with van der Waals surface area (Å²) >= 11 is 1.51. The van der Waals surface area contributed by atoms with Gasteiger partial charge in [-0.25, -0.2) is 4.98 Å². The number of amides is 1. The zero-order chi connectivity index (χ0) is 14.5. The van der Waals surface area contributed by atoms with Crippen LogP contribution in [0.2, 0.25) is 0 Å². The van der Waals surface area contributed by atoms with Crippen LogP contribution in [-0.2, 0) is 0 Å². The van der Waals surface area contributed by atoms with E-state index < -0.39 is 0 Å². The first-order chi connectivity index (χ1) is 9.60. The van der Waals surface area contributed by atoms with Gasteiger partial charge in [-0.05, 0) is 20.3 Å². The molecular formula is C16H20N2OS. The Balaban J connectivity index is 2.08. The molecule has 4 heteroatoms. The van der Waals surface area contributed by atoms with Crippen LogP contribution >= 0.6 is 11.3 Å². The highest BCUT2D eigenvalue weighted by molar-refractivity contribution is 7.13. The summed E-state index contributed by atoms with van der Waals surface area (Å²) in [6, 6.07) is 8.38. The molecule has 1 aromatic heterocycles. The van der Waals surface area contributed by atoms with E-state index in [1.54, 1.807) is 0 Å². The van der Waals surface area contributed by atoms with Crippen molar-refractivity contribution in [2.75, 3.05) is 0 Å². The summed E-state index contributed by atoms with van der Waals surface area (Å²) in [6.45, 7) is 6.19. The summed E-state index contributed by atoms with van der Waals surface area (Å²) in [6.07, 6.45) is 2.05. The molecule has 3 nitrogen and oxygen atoms in total. The molecule has 1 N–H and O–H groups in total. The minimum atomic E-state index is -0.0828. The minimum Gasteiger partial charge on any atom is -0.348 e. The number of nitrogens with zero attached hydrogens (tertiary/aromatic N) is 1. The van der Waals surface area contributed by atoms with Crippen LogP contribution in [0.15, 0.2) is 29.6 Å². The summed E-state index contributed by atoms with van der Waals surface area (Å²) in [7, 11) is 0. The summed E-state index contributed by atoms with van der Waals surface area (Å²) < 4.78 is 0. The van der Waals surface area contributed by atoms with Gasteiger partial charge in [-0.2, -0.15) is 0 Å². The first-order valence-corrected chi connectivity index (χ1v) is 7.81. The highest BCUT2D eigenvalue weighted by Gasteiger charge is 2.13. The largest absolute Gasteiger partial charge is 0.348 e. The van der Waals surface area contributed by atoms with Crippen LogP contribution in [0.5, 0.6) is 0 Å². The molecule has 0 saturated carbocycles. The van der Waals surface area contributed by atoms with Crippen LogP contribution in [0, 0.1) is 6.92 Å². The molecule has 2 aromatic rings. The topological polar surface area (TPSA) is 42.0 Å². The highest BCUT2D eigenvalue weighted by atomic mass is 32.1. The third kappa shape index (κ3) is 3.67. The molecule has 1 aromatic carbocycles. The van der Waals surface area contributed by atoms with Crippen molar-refractivity contribution in [2.24, 2.45) is 0 Å². The summed E-state index contributed by atoms with van der Waals surface area (Å²) in [4.78, 5) is 16.5. The zero-order valence-corrected chi connectivity index (χ0v) is 13.0. The molecule has 2 rings (SSSR count). The van der Waals surface area contributed by atoms with Gasteiger partial charge in [0.1, 0.15) is 10.7 Å². The Morgan fingerprint density at radius 3 is 2.70 bits per heavy atom. The van der Waals surface area contributed by atoms with Crippen molar-refractivity contribution in [1.82, 2.24) is 10.3 Å². The first-order valence-electron chi connectivity index (χ1n) is 6.93. The number of thiazole rings is 1. The number of nitrogens with one attached hydrogen (secondary N) is 1. The van der Waals surface area contributed by atoms with Gasteiger partial charge < -0.3 is 5.32 Å². The molecule has 106 valence electrons. The number of carbonyl (C=O) groups is 1. The predicted octanol–water partition coefficient (Wildman–Crippen LogP) is 4.04. The number of rotatable bonds is 5. The van der Waals surface area contributed by atoms with Crippen molar-refractivity contribution in [1.29, 1.82) is 0 Å². The maximum atomic E-state index is 12.1. The average molecular weight is 288 g/mol.